The molecule has 29 heavy (non-hydrogen) atoms. The van der Waals surface area contributed by atoms with Crippen molar-refractivity contribution in [2.75, 3.05) is 13.2 Å². The summed E-state index contributed by atoms with van der Waals surface area (Å²) in [5.74, 6) is -0.549. The number of fused-ring (bicyclic) bond motifs is 1. The third-order valence-electron chi connectivity index (χ3n) is 4.13. The van der Waals surface area contributed by atoms with Crippen molar-refractivity contribution in [3.05, 3.63) is 58.3 Å². The minimum atomic E-state index is -4.09. The van der Waals surface area contributed by atoms with E-state index in [0.717, 1.165) is 28.6 Å². The highest BCUT2D eigenvalue weighted by Gasteiger charge is 2.42. The summed E-state index contributed by atoms with van der Waals surface area (Å²) >= 11 is 0. The minimum Gasteiger partial charge on any atom is -0.276 e. The molecule has 0 radical (unpaired) electrons. The smallest absolute Gasteiger partial charge is 0.276 e. The molecule has 0 spiro atoms. The van der Waals surface area contributed by atoms with Crippen LogP contribution in [0.25, 0.3) is 0 Å². The number of non-ortho nitro benzene ring substituents is 1. The molecule has 1 amide bonds. The van der Waals surface area contributed by atoms with Crippen LogP contribution in [0.15, 0.2) is 52.5 Å². The maximum Gasteiger partial charge on any atom is 0.296 e. The van der Waals surface area contributed by atoms with Crippen molar-refractivity contribution < 1.29 is 31.4 Å². The van der Waals surface area contributed by atoms with Crippen LogP contribution < -0.4 is 0 Å². The second-order valence-electron chi connectivity index (χ2n) is 6.02. The number of hydrogen-bond donors (Lipinski definition) is 2. The molecule has 13 heteroatoms. The highest BCUT2D eigenvalue weighted by Crippen LogP contribution is 2.57. The number of unbranched alkanes of at least 4 members (excludes halogenated alkanes) is 1. The molecule has 11 nitrogen and oxygen atoms in total. The molecule has 1 aliphatic heterocycles. The zero-order valence-electron chi connectivity index (χ0n) is 14.9. The van der Waals surface area contributed by atoms with Gasteiger partial charge in [0.15, 0.2) is 5.03 Å². The number of benzene rings is 1. The molecule has 0 aliphatic carbocycles. The van der Waals surface area contributed by atoms with Gasteiger partial charge in [0.2, 0.25) is 0 Å². The monoisotopic (exact) mass is 443 g/mol. The molecule has 0 saturated heterocycles. The van der Waals surface area contributed by atoms with Gasteiger partial charge < -0.3 is 0 Å². The van der Waals surface area contributed by atoms with Crippen molar-refractivity contribution in [1.29, 1.82) is 0 Å². The molecule has 1 aliphatic rings. The number of carbonyl (C=O) groups is 1. The summed E-state index contributed by atoms with van der Waals surface area (Å²) in [5.41, 5.74) is -0.113. The van der Waals surface area contributed by atoms with E-state index in [2.05, 4.69) is 4.98 Å². The zero-order valence-corrected chi connectivity index (χ0v) is 16.5. The van der Waals surface area contributed by atoms with Crippen molar-refractivity contribution in [3.8, 4) is 0 Å². The number of hydrogen-bond acceptors (Lipinski definition) is 9. The summed E-state index contributed by atoms with van der Waals surface area (Å²) in [6.07, 6.45) is 1.83. The van der Waals surface area contributed by atoms with Gasteiger partial charge in [-0.15, -0.1) is 0 Å². The number of aromatic nitrogens is 1. The van der Waals surface area contributed by atoms with E-state index in [4.69, 9.17) is 4.18 Å². The van der Waals surface area contributed by atoms with Crippen LogP contribution in [0.3, 0.4) is 0 Å². The van der Waals surface area contributed by atoms with Gasteiger partial charge in [-0.1, -0.05) is 10.8 Å². The summed E-state index contributed by atoms with van der Waals surface area (Å²) in [7, 11) is -7.59. The summed E-state index contributed by atoms with van der Waals surface area (Å²) in [6, 6.07) is 7.26. The van der Waals surface area contributed by atoms with Gasteiger partial charge >= 0.3 is 0 Å². The average molecular weight is 443 g/mol. The molecule has 0 atom stereocenters. The highest BCUT2D eigenvalue weighted by atomic mass is 32.3. The fourth-order valence-electron chi connectivity index (χ4n) is 2.68. The van der Waals surface area contributed by atoms with Crippen LogP contribution in [-0.2, 0) is 14.3 Å². The molecule has 0 fully saturated rings. The molecular formula is C16H17N3O8S2. The lowest BCUT2D eigenvalue weighted by atomic mass is 10.2. The van der Waals surface area contributed by atoms with Crippen LogP contribution in [0.2, 0.25) is 0 Å². The summed E-state index contributed by atoms with van der Waals surface area (Å²) in [4.78, 5) is 25.9. The van der Waals surface area contributed by atoms with E-state index in [1.165, 1.54) is 18.3 Å². The maximum absolute atomic E-state index is 12.3. The fourth-order valence-corrected chi connectivity index (χ4v) is 5.20. The number of carbonyl (C=O) groups excluding carboxylic acids is 1. The van der Waals surface area contributed by atoms with Crippen molar-refractivity contribution in [2.24, 2.45) is 0 Å². The number of rotatable bonds is 8. The Morgan fingerprint density at radius 3 is 2.48 bits per heavy atom. The van der Waals surface area contributed by atoms with Gasteiger partial charge in [-0.3, -0.25) is 28.2 Å². The van der Waals surface area contributed by atoms with Gasteiger partial charge in [-0.25, -0.2) is 9.29 Å². The SMILES string of the molecule is O=C1c2cccnc2S(O)(O)N1CCCCOS(=O)(=O)c1ccc([N+](=O)[O-])cc1. The van der Waals surface area contributed by atoms with E-state index >= 15 is 0 Å². The van der Waals surface area contributed by atoms with Gasteiger partial charge in [-0.05, 0) is 37.1 Å². The molecular weight excluding hydrogens is 426 g/mol. The van der Waals surface area contributed by atoms with Crippen molar-refractivity contribution in [1.82, 2.24) is 9.29 Å². The minimum absolute atomic E-state index is 0.0154. The van der Waals surface area contributed by atoms with Crippen LogP contribution >= 0.6 is 10.8 Å². The fraction of sp³-hybridized carbons (Fsp3) is 0.250. The van der Waals surface area contributed by atoms with Gasteiger partial charge in [0, 0.05) is 24.9 Å². The number of pyridine rings is 1. The maximum atomic E-state index is 12.3. The second-order valence-corrected chi connectivity index (χ2v) is 9.50. The Hall–Kier alpha value is -2.58. The highest BCUT2D eigenvalue weighted by molar-refractivity contribution is 8.23. The average Bonchev–Trinajstić information content (AvgIpc) is 2.88. The largest absolute Gasteiger partial charge is 0.296 e. The van der Waals surface area contributed by atoms with Gasteiger partial charge in [0.1, 0.15) is 0 Å². The Bertz CT molecular complexity index is 1040. The Kier molecular flexibility index (Phi) is 5.86. The predicted molar refractivity (Wildman–Crippen MR) is 102 cm³/mol. The third-order valence-corrected chi connectivity index (χ3v) is 7.26. The second kappa shape index (κ2) is 8.04. The molecule has 2 aromatic rings. The first kappa shape index (κ1) is 21.1. The van der Waals surface area contributed by atoms with E-state index in [0.29, 0.717) is 0 Å². The zero-order chi connectivity index (χ0) is 21.2. The molecule has 2 N–H and O–H groups in total. The van der Waals surface area contributed by atoms with E-state index in [9.17, 15) is 32.4 Å². The summed E-state index contributed by atoms with van der Waals surface area (Å²) in [5, 5.41) is 10.5. The van der Waals surface area contributed by atoms with E-state index in [-0.39, 0.29) is 47.2 Å². The molecule has 0 bridgehead atoms. The first-order chi connectivity index (χ1) is 13.6. The van der Waals surface area contributed by atoms with Gasteiger partial charge in [-0.2, -0.15) is 8.42 Å². The lowest BCUT2D eigenvalue weighted by molar-refractivity contribution is -0.384. The van der Waals surface area contributed by atoms with E-state index in [1.54, 1.807) is 0 Å². The molecule has 3 rings (SSSR count). The van der Waals surface area contributed by atoms with Crippen LogP contribution in [0.1, 0.15) is 23.2 Å². The Morgan fingerprint density at radius 2 is 1.86 bits per heavy atom. The lowest BCUT2D eigenvalue weighted by Gasteiger charge is -2.35. The first-order valence-electron chi connectivity index (χ1n) is 8.34. The quantitative estimate of drug-likeness (QED) is 0.270. The van der Waals surface area contributed by atoms with Crippen molar-refractivity contribution >= 4 is 32.5 Å². The number of nitro groups is 1. The van der Waals surface area contributed by atoms with Crippen LogP contribution in [-0.4, -0.2) is 50.8 Å². The first-order valence-corrected chi connectivity index (χ1v) is 11.2. The van der Waals surface area contributed by atoms with Crippen LogP contribution in [0, 0.1) is 10.1 Å². The molecule has 156 valence electrons. The van der Waals surface area contributed by atoms with Crippen LogP contribution in [0.5, 0.6) is 0 Å². The van der Waals surface area contributed by atoms with E-state index in [1.807, 2.05) is 0 Å². The number of amides is 1. The van der Waals surface area contributed by atoms with Gasteiger partial charge in [0.25, 0.3) is 21.7 Å². The molecule has 2 heterocycles. The summed E-state index contributed by atoms with van der Waals surface area (Å²) in [6.45, 7) is -0.218. The molecule has 0 unspecified atom stereocenters. The Balaban J connectivity index is 1.52. The topological polar surface area (TPSA) is 160 Å². The van der Waals surface area contributed by atoms with E-state index < -0.39 is 31.7 Å². The standard InChI is InChI=1S/C16H17N3O8S2/c20-16-14-4-3-9-17-15(14)28(23,24)18(16)10-1-2-11-27-29(25,26)13-7-5-12(6-8-13)19(21)22/h3-9,23-24H,1-2,10-11H2. The Labute approximate surface area is 167 Å². The molecule has 1 aromatic carbocycles. The molecule has 0 saturated carbocycles. The normalized spacial score (nSPS) is 16.5. The summed E-state index contributed by atoms with van der Waals surface area (Å²) < 4.78 is 50.6. The predicted octanol–water partition coefficient (Wildman–Crippen LogP) is 2.66. The third kappa shape index (κ3) is 4.23. The Morgan fingerprint density at radius 1 is 1.17 bits per heavy atom. The lowest BCUT2D eigenvalue weighted by Crippen LogP contribution is -2.28. The van der Waals surface area contributed by atoms with Crippen molar-refractivity contribution in [2.45, 2.75) is 22.8 Å². The van der Waals surface area contributed by atoms with Gasteiger partial charge in [0.05, 0.1) is 22.0 Å². The molecule has 1 aromatic heterocycles. The van der Waals surface area contributed by atoms with Crippen LogP contribution in [0.4, 0.5) is 5.69 Å². The number of nitro benzene ring substituents is 1. The number of nitrogens with zero attached hydrogens (tertiary/aromatic N) is 3. The van der Waals surface area contributed by atoms with Crippen molar-refractivity contribution in [3.63, 3.8) is 0 Å².